The van der Waals surface area contributed by atoms with Crippen LogP contribution in [-0.2, 0) is 9.53 Å². The molecule has 0 bridgehead atoms. The molecule has 0 aromatic rings. The summed E-state index contributed by atoms with van der Waals surface area (Å²) in [5.74, 6) is 0.263. The van der Waals surface area contributed by atoms with Crippen molar-refractivity contribution in [3.05, 3.63) is 0 Å². The molecule has 2 rings (SSSR count). The SMILES string of the molecule is CCC1CCCCN1C(=O)CNCC1CCCO1.[Cl-]. The molecule has 0 aromatic heterocycles. The quantitative estimate of drug-likeness (QED) is 0.673. The second-order valence-corrected chi connectivity index (χ2v) is 5.41. The van der Waals surface area contributed by atoms with Crippen molar-refractivity contribution in [2.45, 2.75) is 57.6 Å². The number of ether oxygens (including phenoxy) is 1. The summed E-state index contributed by atoms with van der Waals surface area (Å²) in [4.78, 5) is 14.2. The number of halogens is 1. The van der Waals surface area contributed by atoms with Crippen LogP contribution >= 0.6 is 0 Å². The Labute approximate surface area is 122 Å². The van der Waals surface area contributed by atoms with E-state index < -0.39 is 0 Å². The number of amides is 1. The molecule has 0 spiro atoms. The van der Waals surface area contributed by atoms with Crippen LogP contribution in [0.25, 0.3) is 0 Å². The summed E-state index contributed by atoms with van der Waals surface area (Å²) in [6.07, 6.45) is 7.29. The predicted molar refractivity (Wildman–Crippen MR) is 71.5 cm³/mol. The Bertz CT molecular complexity index is 270. The van der Waals surface area contributed by atoms with Crippen LogP contribution < -0.4 is 17.7 Å². The van der Waals surface area contributed by atoms with E-state index in [0.717, 1.165) is 45.4 Å². The monoisotopic (exact) mass is 289 g/mol. The van der Waals surface area contributed by atoms with E-state index in [1.54, 1.807) is 0 Å². The molecule has 1 N–H and O–H groups in total. The molecule has 0 saturated carbocycles. The second-order valence-electron chi connectivity index (χ2n) is 5.41. The highest BCUT2D eigenvalue weighted by Gasteiger charge is 2.25. The van der Waals surface area contributed by atoms with Gasteiger partial charge in [-0.3, -0.25) is 4.79 Å². The second kappa shape index (κ2) is 8.77. The summed E-state index contributed by atoms with van der Waals surface area (Å²) in [5.41, 5.74) is 0. The minimum absolute atomic E-state index is 0. The molecule has 2 aliphatic rings. The first-order valence-corrected chi connectivity index (χ1v) is 7.43. The van der Waals surface area contributed by atoms with E-state index in [-0.39, 0.29) is 18.3 Å². The highest BCUT2D eigenvalue weighted by atomic mass is 35.5. The molecule has 2 atom stereocenters. The molecule has 2 heterocycles. The standard InChI is InChI=1S/C14H26N2O2.ClH/c1-2-12-6-3-4-8-16(12)14(17)11-15-10-13-7-5-9-18-13;/h12-13,15H,2-11H2,1H3;1H/p-1. The molecule has 4 nitrogen and oxygen atoms in total. The van der Waals surface area contributed by atoms with Crippen LogP contribution in [0.3, 0.4) is 0 Å². The fourth-order valence-corrected chi connectivity index (χ4v) is 3.00. The lowest BCUT2D eigenvalue weighted by molar-refractivity contribution is -0.134. The van der Waals surface area contributed by atoms with Gasteiger partial charge in [0, 0.05) is 25.7 Å². The Balaban J connectivity index is 0.00000180. The van der Waals surface area contributed by atoms with E-state index >= 15 is 0 Å². The van der Waals surface area contributed by atoms with Crippen molar-refractivity contribution in [1.82, 2.24) is 10.2 Å². The van der Waals surface area contributed by atoms with Crippen molar-refractivity contribution >= 4 is 5.91 Å². The summed E-state index contributed by atoms with van der Waals surface area (Å²) >= 11 is 0. The third-order valence-corrected chi connectivity index (χ3v) is 4.09. The van der Waals surface area contributed by atoms with Gasteiger partial charge in [-0.15, -0.1) is 0 Å². The maximum atomic E-state index is 12.2. The van der Waals surface area contributed by atoms with Gasteiger partial charge in [0.05, 0.1) is 12.6 Å². The van der Waals surface area contributed by atoms with Crippen molar-refractivity contribution in [3.8, 4) is 0 Å². The zero-order valence-electron chi connectivity index (χ0n) is 11.9. The molecular weight excluding hydrogens is 264 g/mol. The number of carbonyl (C=O) groups excluding carboxylic acids is 1. The molecule has 1 amide bonds. The fraction of sp³-hybridized carbons (Fsp3) is 0.929. The Kier molecular flexibility index (Phi) is 7.73. The van der Waals surface area contributed by atoms with Gasteiger partial charge in [-0.25, -0.2) is 0 Å². The zero-order valence-corrected chi connectivity index (χ0v) is 12.6. The van der Waals surface area contributed by atoms with Crippen molar-refractivity contribution in [1.29, 1.82) is 0 Å². The highest BCUT2D eigenvalue weighted by molar-refractivity contribution is 5.78. The number of hydrogen-bond donors (Lipinski definition) is 1. The van der Waals surface area contributed by atoms with E-state index in [1.165, 1.54) is 12.8 Å². The van der Waals surface area contributed by atoms with E-state index in [1.807, 2.05) is 0 Å². The smallest absolute Gasteiger partial charge is 0.236 e. The Morgan fingerprint density at radius 2 is 2.16 bits per heavy atom. The van der Waals surface area contributed by atoms with Crippen LogP contribution in [0.4, 0.5) is 0 Å². The fourth-order valence-electron chi connectivity index (χ4n) is 3.00. The van der Waals surface area contributed by atoms with E-state index in [4.69, 9.17) is 4.74 Å². The van der Waals surface area contributed by atoms with Gasteiger partial charge in [0.15, 0.2) is 0 Å². The number of nitrogens with one attached hydrogen (secondary N) is 1. The number of rotatable bonds is 5. The van der Waals surface area contributed by atoms with Crippen molar-refractivity contribution in [2.75, 3.05) is 26.2 Å². The lowest BCUT2D eigenvalue weighted by Crippen LogP contribution is -3.00. The largest absolute Gasteiger partial charge is 1.00 e. The van der Waals surface area contributed by atoms with Crippen molar-refractivity contribution in [3.63, 3.8) is 0 Å². The Morgan fingerprint density at radius 1 is 1.32 bits per heavy atom. The van der Waals surface area contributed by atoms with Crippen LogP contribution in [0.5, 0.6) is 0 Å². The molecular formula is C14H26ClN2O2-. The number of hydrogen-bond acceptors (Lipinski definition) is 3. The molecule has 0 aliphatic carbocycles. The summed E-state index contributed by atoms with van der Waals surface area (Å²) < 4.78 is 5.54. The summed E-state index contributed by atoms with van der Waals surface area (Å²) in [5, 5.41) is 3.25. The van der Waals surface area contributed by atoms with Gasteiger partial charge >= 0.3 is 0 Å². The van der Waals surface area contributed by atoms with Crippen LogP contribution in [0.15, 0.2) is 0 Å². The highest BCUT2D eigenvalue weighted by Crippen LogP contribution is 2.19. The van der Waals surface area contributed by atoms with Crippen LogP contribution in [0, 0.1) is 0 Å². The van der Waals surface area contributed by atoms with Crippen LogP contribution in [0.1, 0.15) is 45.4 Å². The molecule has 19 heavy (non-hydrogen) atoms. The zero-order chi connectivity index (χ0) is 12.8. The number of piperidine rings is 1. The molecule has 112 valence electrons. The van der Waals surface area contributed by atoms with E-state index in [9.17, 15) is 4.79 Å². The number of nitrogens with zero attached hydrogens (tertiary/aromatic N) is 1. The molecule has 2 unspecified atom stereocenters. The Morgan fingerprint density at radius 3 is 2.84 bits per heavy atom. The summed E-state index contributed by atoms with van der Waals surface area (Å²) in [7, 11) is 0. The average Bonchev–Trinajstić information content (AvgIpc) is 2.91. The van der Waals surface area contributed by atoms with Gasteiger partial charge in [0.1, 0.15) is 0 Å². The Hall–Kier alpha value is -0.320. The third-order valence-electron chi connectivity index (χ3n) is 4.09. The maximum absolute atomic E-state index is 12.2. The minimum atomic E-state index is 0. The summed E-state index contributed by atoms with van der Waals surface area (Å²) in [6, 6.07) is 0.468. The maximum Gasteiger partial charge on any atom is 0.236 e. The molecule has 5 heteroatoms. The first kappa shape index (κ1) is 16.7. The molecule has 0 radical (unpaired) electrons. The van der Waals surface area contributed by atoms with Gasteiger partial charge in [0.2, 0.25) is 5.91 Å². The molecule has 2 fully saturated rings. The number of carbonyl (C=O) groups is 1. The third kappa shape index (κ3) is 4.93. The molecule has 2 aliphatic heterocycles. The first-order chi connectivity index (χ1) is 8.81. The van der Waals surface area contributed by atoms with Crippen LogP contribution in [0.2, 0.25) is 0 Å². The topological polar surface area (TPSA) is 41.6 Å². The van der Waals surface area contributed by atoms with Gasteiger partial charge in [-0.1, -0.05) is 6.92 Å². The van der Waals surface area contributed by atoms with E-state index in [0.29, 0.717) is 18.7 Å². The van der Waals surface area contributed by atoms with Gasteiger partial charge in [0.25, 0.3) is 0 Å². The predicted octanol–water partition coefficient (Wildman–Crippen LogP) is -1.45. The minimum Gasteiger partial charge on any atom is -1.00 e. The van der Waals surface area contributed by atoms with Gasteiger partial charge in [-0.05, 0) is 38.5 Å². The van der Waals surface area contributed by atoms with E-state index in [2.05, 4.69) is 17.1 Å². The first-order valence-electron chi connectivity index (χ1n) is 7.43. The average molecular weight is 290 g/mol. The van der Waals surface area contributed by atoms with Gasteiger partial charge in [-0.2, -0.15) is 0 Å². The lowest BCUT2D eigenvalue weighted by Gasteiger charge is -2.35. The molecule has 0 aromatic carbocycles. The van der Waals surface area contributed by atoms with Gasteiger partial charge < -0.3 is 27.4 Å². The molecule has 2 saturated heterocycles. The number of likely N-dealkylation sites (tertiary alicyclic amines) is 1. The van der Waals surface area contributed by atoms with Crippen molar-refractivity contribution < 1.29 is 21.9 Å². The normalized spacial score (nSPS) is 27.1. The van der Waals surface area contributed by atoms with Crippen LogP contribution in [-0.4, -0.2) is 49.2 Å². The van der Waals surface area contributed by atoms with Crippen molar-refractivity contribution in [2.24, 2.45) is 0 Å². The summed E-state index contributed by atoms with van der Waals surface area (Å²) in [6.45, 7) is 5.28. The lowest BCUT2D eigenvalue weighted by atomic mass is 10.00.